The molecule has 0 unspecified atom stereocenters. The molecule has 0 radical (unpaired) electrons. The molecule has 19 heavy (non-hydrogen) atoms. The van der Waals surface area contributed by atoms with Gasteiger partial charge < -0.3 is 5.32 Å². The monoisotopic (exact) mass is 253 g/mol. The molecule has 0 atom stereocenters. The molecule has 96 valence electrons. The van der Waals surface area contributed by atoms with E-state index in [4.69, 9.17) is 5.26 Å². The van der Waals surface area contributed by atoms with Crippen LogP contribution in [0.1, 0.15) is 24.1 Å². The van der Waals surface area contributed by atoms with E-state index in [9.17, 15) is 0 Å². The Morgan fingerprint density at radius 2 is 2.11 bits per heavy atom. The Morgan fingerprint density at radius 3 is 2.79 bits per heavy atom. The fourth-order valence-corrected chi connectivity index (χ4v) is 1.98. The third-order valence-electron chi connectivity index (χ3n) is 3.23. The van der Waals surface area contributed by atoms with Crippen molar-refractivity contribution in [2.24, 2.45) is 0 Å². The number of nitrogens with one attached hydrogen (secondary N) is 1. The van der Waals surface area contributed by atoms with Crippen LogP contribution in [0.2, 0.25) is 0 Å². The molecule has 5 nitrogen and oxygen atoms in total. The SMILES string of the molecule is N#CCc1ccc(-n2nncc2CNC2CC2)cc1. The zero-order valence-electron chi connectivity index (χ0n) is 10.6. The van der Waals surface area contributed by atoms with Gasteiger partial charge in [-0.2, -0.15) is 5.26 Å². The Kier molecular flexibility index (Phi) is 3.25. The maximum atomic E-state index is 8.66. The summed E-state index contributed by atoms with van der Waals surface area (Å²) in [5.41, 5.74) is 3.05. The van der Waals surface area contributed by atoms with Crippen molar-refractivity contribution >= 4 is 0 Å². The lowest BCUT2D eigenvalue weighted by atomic mass is 10.1. The van der Waals surface area contributed by atoms with Gasteiger partial charge >= 0.3 is 0 Å². The van der Waals surface area contributed by atoms with Gasteiger partial charge in [0, 0.05) is 12.6 Å². The lowest BCUT2D eigenvalue weighted by Gasteiger charge is -2.07. The molecular formula is C14H15N5. The largest absolute Gasteiger partial charge is 0.308 e. The van der Waals surface area contributed by atoms with Crippen molar-refractivity contribution in [3.05, 3.63) is 41.7 Å². The van der Waals surface area contributed by atoms with E-state index in [1.165, 1.54) is 12.8 Å². The Morgan fingerprint density at radius 1 is 1.32 bits per heavy atom. The highest BCUT2D eigenvalue weighted by molar-refractivity contribution is 5.35. The predicted octanol–water partition coefficient (Wildman–Crippen LogP) is 1.59. The van der Waals surface area contributed by atoms with E-state index in [0.717, 1.165) is 23.5 Å². The number of aromatic nitrogens is 3. The van der Waals surface area contributed by atoms with Crippen molar-refractivity contribution in [3.63, 3.8) is 0 Å². The lowest BCUT2D eigenvalue weighted by Crippen LogP contribution is -2.18. The van der Waals surface area contributed by atoms with E-state index in [0.29, 0.717) is 12.5 Å². The van der Waals surface area contributed by atoms with Gasteiger partial charge in [-0.1, -0.05) is 17.3 Å². The van der Waals surface area contributed by atoms with Gasteiger partial charge in [0.15, 0.2) is 0 Å². The lowest BCUT2D eigenvalue weighted by molar-refractivity contribution is 0.647. The third-order valence-corrected chi connectivity index (χ3v) is 3.23. The van der Waals surface area contributed by atoms with Gasteiger partial charge in [0.1, 0.15) is 0 Å². The highest BCUT2D eigenvalue weighted by atomic mass is 15.4. The summed E-state index contributed by atoms with van der Waals surface area (Å²) < 4.78 is 1.84. The van der Waals surface area contributed by atoms with Crippen LogP contribution in [-0.4, -0.2) is 21.0 Å². The molecule has 1 aliphatic rings. The molecule has 1 fully saturated rings. The number of benzene rings is 1. The van der Waals surface area contributed by atoms with Crippen molar-refractivity contribution in [1.29, 1.82) is 5.26 Å². The molecule has 3 rings (SSSR count). The Hall–Kier alpha value is -2.19. The van der Waals surface area contributed by atoms with Crippen LogP contribution in [0.15, 0.2) is 30.5 Å². The first kappa shape index (κ1) is 11.9. The number of rotatable bonds is 5. The molecule has 1 saturated carbocycles. The van der Waals surface area contributed by atoms with Crippen LogP contribution in [-0.2, 0) is 13.0 Å². The smallest absolute Gasteiger partial charge is 0.0783 e. The molecule has 0 saturated heterocycles. The Labute approximate surface area is 111 Å². The third kappa shape index (κ3) is 2.80. The second-order valence-electron chi connectivity index (χ2n) is 4.79. The molecule has 1 N–H and O–H groups in total. The Bertz CT molecular complexity index is 589. The van der Waals surface area contributed by atoms with E-state index < -0.39 is 0 Å². The van der Waals surface area contributed by atoms with Gasteiger partial charge in [0.2, 0.25) is 0 Å². The topological polar surface area (TPSA) is 66.5 Å². The zero-order chi connectivity index (χ0) is 13.1. The quantitative estimate of drug-likeness (QED) is 0.878. The average molecular weight is 253 g/mol. The zero-order valence-corrected chi connectivity index (χ0v) is 10.6. The van der Waals surface area contributed by atoms with Gasteiger partial charge in [0.05, 0.1) is 30.1 Å². The van der Waals surface area contributed by atoms with Crippen molar-refractivity contribution in [3.8, 4) is 11.8 Å². The van der Waals surface area contributed by atoms with E-state index in [-0.39, 0.29) is 0 Å². The molecule has 1 aromatic carbocycles. The molecule has 0 bridgehead atoms. The maximum absolute atomic E-state index is 8.66. The summed E-state index contributed by atoms with van der Waals surface area (Å²) in [6.07, 6.45) is 4.77. The first-order valence-corrected chi connectivity index (χ1v) is 6.46. The number of hydrogen-bond donors (Lipinski definition) is 1. The maximum Gasteiger partial charge on any atom is 0.0783 e. The fourth-order valence-electron chi connectivity index (χ4n) is 1.98. The molecule has 0 amide bonds. The van der Waals surface area contributed by atoms with E-state index in [1.54, 1.807) is 6.20 Å². The van der Waals surface area contributed by atoms with Crippen molar-refractivity contribution < 1.29 is 0 Å². The first-order chi connectivity index (χ1) is 9.36. The highest BCUT2D eigenvalue weighted by Crippen LogP contribution is 2.19. The van der Waals surface area contributed by atoms with Crippen LogP contribution in [0.5, 0.6) is 0 Å². The normalized spacial score (nSPS) is 14.3. The number of nitrogens with zero attached hydrogens (tertiary/aromatic N) is 4. The minimum Gasteiger partial charge on any atom is -0.308 e. The second-order valence-corrected chi connectivity index (χ2v) is 4.79. The molecule has 2 aromatic rings. The van der Waals surface area contributed by atoms with E-state index >= 15 is 0 Å². The van der Waals surface area contributed by atoms with Gasteiger partial charge in [0.25, 0.3) is 0 Å². The summed E-state index contributed by atoms with van der Waals surface area (Å²) in [7, 11) is 0. The summed E-state index contributed by atoms with van der Waals surface area (Å²) in [5.74, 6) is 0. The van der Waals surface area contributed by atoms with Crippen LogP contribution >= 0.6 is 0 Å². The minimum atomic E-state index is 0.438. The molecule has 0 aliphatic heterocycles. The summed E-state index contributed by atoms with van der Waals surface area (Å²) in [6, 6.07) is 10.7. The van der Waals surface area contributed by atoms with Gasteiger partial charge in [-0.05, 0) is 30.5 Å². The van der Waals surface area contributed by atoms with Crippen LogP contribution in [0, 0.1) is 11.3 Å². The van der Waals surface area contributed by atoms with Gasteiger partial charge in [-0.3, -0.25) is 0 Å². The highest BCUT2D eigenvalue weighted by Gasteiger charge is 2.20. The van der Waals surface area contributed by atoms with Crippen LogP contribution in [0.25, 0.3) is 5.69 Å². The number of hydrogen-bond acceptors (Lipinski definition) is 4. The summed E-state index contributed by atoms with van der Waals surface area (Å²) in [6.45, 7) is 0.789. The van der Waals surface area contributed by atoms with Gasteiger partial charge in [-0.25, -0.2) is 4.68 Å². The summed E-state index contributed by atoms with van der Waals surface area (Å²) in [4.78, 5) is 0. The Balaban J connectivity index is 1.76. The molecular weight excluding hydrogens is 238 g/mol. The standard InChI is InChI=1S/C14H15N5/c15-8-7-11-1-5-13(6-2-11)19-14(10-17-18-19)9-16-12-3-4-12/h1-2,5-6,10,12,16H,3-4,7,9H2. The molecule has 1 aromatic heterocycles. The van der Waals surface area contributed by atoms with Crippen molar-refractivity contribution in [1.82, 2.24) is 20.3 Å². The van der Waals surface area contributed by atoms with E-state index in [1.807, 2.05) is 28.9 Å². The summed E-state index contributed by atoms with van der Waals surface area (Å²) >= 11 is 0. The molecule has 0 spiro atoms. The van der Waals surface area contributed by atoms with Gasteiger partial charge in [-0.15, -0.1) is 5.10 Å². The molecule has 5 heteroatoms. The number of nitriles is 1. The van der Waals surface area contributed by atoms with Crippen molar-refractivity contribution in [2.75, 3.05) is 0 Å². The molecule has 1 aliphatic carbocycles. The summed E-state index contributed by atoms with van der Waals surface area (Å²) in [5, 5.41) is 20.2. The molecule has 1 heterocycles. The average Bonchev–Trinajstić information content (AvgIpc) is 3.15. The van der Waals surface area contributed by atoms with Crippen LogP contribution in [0.4, 0.5) is 0 Å². The van der Waals surface area contributed by atoms with Crippen LogP contribution in [0.3, 0.4) is 0 Å². The van der Waals surface area contributed by atoms with Crippen molar-refractivity contribution in [2.45, 2.75) is 31.8 Å². The van der Waals surface area contributed by atoms with E-state index in [2.05, 4.69) is 21.7 Å². The second kappa shape index (κ2) is 5.21. The first-order valence-electron chi connectivity index (χ1n) is 6.46. The predicted molar refractivity (Wildman–Crippen MR) is 70.5 cm³/mol. The minimum absolute atomic E-state index is 0.438. The fraction of sp³-hybridized carbons (Fsp3) is 0.357. The van der Waals surface area contributed by atoms with Crippen LogP contribution < -0.4 is 5.32 Å².